The minimum atomic E-state index is 0.275. The molecule has 0 saturated heterocycles. The number of hydrogen-bond donors (Lipinski definition) is 0. The van der Waals surface area contributed by atoms with Crippen LogP contribution in [0.3, 0.4) is 0 Å². The molecule has 0 spiro atoms. The standard InChI is InChI=1S/C65H49N5/c1-2-15-44(16-3-1)63-66-64(46-28-27-43-26-25-40-13-4-6-18-50(40)56(43)36-46)68-65(67-63)55-22-12-17-42-29-32-49(39-57(42)55)69-59-23-10-9-21-53(59)58-37-47-35-48(33-30-45(47)38-61(58)69)70-60-24-11-8-20-52(60)54-34-31-41-14-5-7-19-51(41)62(54)70/h1-7,9,11,13-19,21,24-34,36-40,47,50H,8,10,12,20,22-23,35H2. The first kappa shape index (κ1) is 39.8. The van der Waals surface area contributed by atoms with Crippen LogP contribution in [0.5, 0.6) is 0 Å². The van der Waals surface area contributed by atoms with Gasteiger partial charge in [-0.25, -0.2) is 15.0 Å². The molecule has 5 heteroatoms. The molecule has 8 aromatic rings. The summed E-state index contributed by atoms with van der Waals surface area (Å²) in [5.74, 6) is 3.09. The van der Waals surface area contributed by atoms with Gasteiger partial charge in [0.05, 0.1) is 10.9 Å². The van der Waals surface area contributed by atoms with Crippen molar-refractivity contribution in [2.24, 2.45) is 11.8 Å². The number of rotatable bonds is 5. The Balaban J connectivity index is 0.880. The van der Waals surface area contributed by atoms with Gasteiger partial charge < -0.3 is 9.13 Å². The summed E-state index contributed by atoms with van der Waals surface area (Å²) in [5, 5.41) is 9.07. The Morgan fingerprint density at radius 1 is 0.629 bits per heavy atom. The van der Waals surface area contributed by atoms with Crippen LogP contribution >= 0.6 is 0 Å². The third-order valence-corrected chi connectivity index (χ3v) is 16.0. The van der Waals surface area contributed by atoms with Gasteiger partial charge in [-0.15, -0.1) is 0 Å². The first-order chi connectivity index (χ1) is 34.7. The van der Waals surface area contributed by atoms with Gasteiger partial charge in [-0.3, -0.25) is 0 Å². The van der Waals surface area contributed by atoms with Gasteiger partial charge in [0, 0.05) is 78.8 Å². The number of aromatic nitrogens is 5. The lowest BCUT2D eigenvalue weighted by Gasteiger charge is -2.27. The maximum atomic E-state index is 5.39. The molecule has 0 fully saturated rings. The summed E-state index contributed by atoms with van der Waals surface area (Å²) in [7, 11) is 0. The predicted molar refractivity (Wildman–Crippen MR) is 288 cm³/mol. The van der Waals surface area contributed by atoms with Gasteiger partial charge in [0.1, 0.15) is 0 Å². The van der Waals surface area contributed by atoms with Crippen molar-refractivity contribution in [3.63, 3.8) is 0 Å². The molecule has 0 amide bonds. The number of fused-ring (bicyclic) bond motifs is 13. The highest BCUT2D eigenvalue weighted by Gasteiger charge is 2.29. The number of aryl methyl sites for hydroxylation is 1. The smallest absolute Gasteiger partial charge is 0.164 e. The number of hydrogen-bond acceptors (Lipinski definition) is 3. The van der Waals surface area contributed by atoms with E-state index in [9.17, 15) is 0 Å². The van der Waals surface area contributed by atoms with Crippen LogP contribution in [0.2, 0.25) is 0 Å². The maximum Gasteiger partial charge on any atom is 0.164 e. The lowest BCUT2D eigenvalue weighted by Crippen LogP contribution is -2.36. The lowest BCUT2D eigenvalue weighted by atomic mass is 9.77. The summed E-state index contributed by atoms with van der Waals surface area (Å²) in [4.78, 5) is 15.9. The number of nitrogens with zero attached hydrogens (tertiary/aromatic N) is 5. The van der Waals surface area contributed by atoms with Crippen LogP contribution < -0.4 is 21.0 Å². The minimum absolute atomic E-state index is 0.275. The van der Waals surface area contributed by atoms with Crippen molar-refractivity contribution in [1.82, 2.24) is 24.1 Å². The second kappa shape index (κ2) is 15.7. The van der Waals surface area contributed by atoms with Crippen LogP contribution in [-0.4, -0.2) is 24.1 Å². The molecule has 0 aliphatic heterocycles. The van der Waals surface area contributed by atoms with Crippen molar-refractivity contribution in [2.75, 3.05) is 0 Å². The molecule has 5 nitrogen and oxygen atoms in total. The van der Waals surface area contributed by atoms with Crippen LogP contribution in [0.1, 0.15) is 77.5 Å². The van der Waals surface area contributed by atoms with Crippen LogP contribution in [0, 0.1) is 11.8 Å². The van der Waals surface area contributed by atoms with Gasteiger partial charge in [0.25, 0.3) is 0 Å². The maximum absolute atomic E-state index is 5.39. The van der Waals surface area contributed by atoms with Crippen molar-refractivity contribution in [1.29, 1.82) is 0 Å². The summed E-state index contributed by atoms with van der Waals surface area (Å²) in [5.41, 5.74) is 16.6. The zero-order valence-electron chi connectivity index (χ0n) is 38.9. The van der Waals surface area contributed by atoms with E-state index in [1.165, 1.54) is 98.9 Å². The molecule has 15 rings (SSSR count). The molecule has 3 aromatic heterocycles. The fourth-order valence-corrected chi connectivity index (χ4v) is 12.7. The van der Waals surface area contributed by atoms with E-state index < -0.39 is 0 Å². The molecule has 0 radical (unpaired) electrons. The number of allylic oxidation sites excluding steroid dienone is 11. The quantitative estimate of drug-likeness (QED) is 0.173. The second-order valence-corrected chi connectivity index (χ2v) is 19.9. The van der Waals surface area contributed by atoms with E-state index in [0.717, 1.165) is 61.9 Å². The molecule has 7 aliphatic rings. The van der Waals surface area contributed by atoms with Crippen molar-refractivity contribution in [2.45, 2.75) is 50.9 Å². The molecule has 3 atom stereocenters. The molecule has 334 valence electrons. The van der Waals surface area contributed by atoms with Crippen molar-refractivity contribution in [3.8, 4) is 28.5 Å². The monoisotopic (exact) mass is 899 g/mol. The SMILES string of the molecule is C1=CC2C=Cc3ccc(-c4nc(C5=c6cc(-n7c8c(c9c7=CC7=CC=C(n%10c%11c(c%12ccc%13ccccc%13c%12%10)CCC=C%11)CC7C=9)C=CCC8)ccc6=CCC5)nc(-c5ccccc5)n4)cc3C2C=C1. The molecule has 5 aromatic carbocycles. The van der Waals surface area contributed by atoms with Crippen molar-refractivity contribution >= 4 is 69.4 Å². The normalized spacial score (nSPS) is 19.9. The molecule has 0 bridgehead atoms. The third-order valence-electron chi connectivity index (χ3n) is 16.0. The fraction of sp³-hybridized carbons (Fsp3) is 0.154. The highest BCUT2D eigenvalue weighted by atomic mass is 15.0. The van der Waals surface area contributed by atoms with Crippen LogP contribution in [0.15, 0.2) is 163 Å². The van der Waals surface area contributed by atoms with Crippen LogP contribution in [0.4, 0.5) is 0 Å². The Morgan fingerprint density at radius 2 is 1.49 bits per heavy atom. The molecule has 70 heavy (non-hydrogen) atoms. The number of benzene rings is 5. The molecular formula is C65H49N5. The van der Waals surface area contributed by atoms with E-state index in [2.05, 4.69) is 203 Å². The van der Waals surface area contributed by atoms with Crippen molar-refractivity contribution in [3.05, 3.63) is 224 Å². The highest BCUT2D eigenvalue weighted by Crippen LogP contribution is 2.43. The van der Waals surface area contributed by atoms with Crippen LogP contribution in [0.25, 0.3) is 97.9 Å². The van der Waals surface area contributed by atoms with Crippen molar-refractivity contribution < 1.29 is 0 Å². The lowest BCUT2D eigenvalue weighted by molar-refractivity contribution is 0.692. The summed E-state index contributed by atoms with van der Waals surface area (Å²) >= 11 is 0. The predicted octanol–water partition coefficient (Wildman–Crippen LogP) is 11.7. The Hall–Kier alpha value is -8.15. The Bertz CT molecular complexity index is 4100. The summed E-state index contributed by atoms with van der Waals surface area (Å²) in [6.07, 6.45) is 42.2. The highest BCUT2D eigenvalue weighted by molar-refractivity contribution is 6.10. The van der Waals surface area contributed by atoms with Gasteiger partial charge in [-0.05, 0) is 119 Å². The zero-order valence-corrected chi connectivity index (χ0v) is 38.9. The summed E-state index contributed by atoms with van der Waals surface area (Å²) < 4.78 is 5.17. The fourth-order valence-electron chi connectivity index (χ4n) is 12.7. The van der Waals surface area contributed by atoms with Gasteiger partial charge in [-0.1, -0.05) is 158 Å². The summed E-state index contributed by atoms with van der Waals surface area (Å²) in [6.45, 7) is 0. The van der Waals surface area contributed by atoms with Gasteiger partial charge in [0.15, 0.2) is 17.5 Å². The Morgan fingerprint density at radius 3 is 2.44 bits per heavy atom. The van der Waals surface area contributed by atoms with Gasteiger partial charge in [0.2, 0.25) is 0 Å². The molecule has 7 aliphatic carbocycles. The van der Waals surface area contributed by atoms with E-state index in [0.29, 0.717) is 23.5 Å². The Labute approximate surface area is 406 Å². The van der Waals surface area contributed by atoms with E-state index in [1.54, 1.807) is 0 Å². The van der Waals surface area contributed by atoms with Gasteiger partial charge >= 0.3 is 0 Å². The minimum Gasteiger partial charge on any atom is -0.313 e. The first-order valence-electron chi connectivity index (χ1n) is 25.3. The Kier molecular flexibility index (Phi) is 8.92. The molecule has 0 saturated carbocycles. The largest absolute Gasteiger partial charge is 0.313 e. The van der Waals surface area contributed by atoms with Gasteiger partial charge in [-0.2, -0.15) is 0 Å². The zero-order chi connectivity index (χ0) is 45.9. The molecular weight excluding hydrogens is 851 g/mol. The molecule has 3 unspecified atom stereocenters. The molecule has 0 N–H and O–H groups in total. The first-order valence-corrected chi connectivity index (χ1v) is 25.3. The topological polar surface area (TPSA) is 48.5 Å². The summed E-state index contributed by atoms with van der Waals surface area (Å²) in [6, 6.07) is 37.8. The average Bonchev–Trinajstić information content (AvgIpc) is 3.94. The third kappa shape index (κ3) is 6.20. The van der Waals surface area contributed by atoms with E-state index in [-0.39, 0.29) is 5.92 Å². The second-order valence-electron chi connectivity index (χ2n) is 19.9. The van der Waals surface area contributed by atoms with Crippen LogP contribution in [-0.2, 0) is 12.8 Å². The molecule has 3 heterocycles. The van der Waals surface area contributed by atoms with E-state index in [1.807, 2.05) is 0 Å². The van der Waals surface area contributed by atoms with E-state index >= 15 is 0 Å². The average molecular weight is 900 g/mol. The van der Waals surface area contributed by atoms with E-state index in [4.69, 9.17) is 15.0 Å².